The standard InChI is InChI=1S/C9H9F2NO/c1-5(13)9(12)8-6(10)3-2-4-7(8)11/h2-4,9H,12H2,1H3. The Morgan fingerprint density at radius 2 is 1.85 bits per heavy atom. The molecule has 0 saturated heterocycles. The van der Waals surface area contributed by atoms with Crippen molar-refractivity contribution in [3.8, 4) is 0 Å². The van der Waals surface area contributed by atoms with Gasteiger partial charge in [-0.25, -0.2) is 8.78 Å². The molecule has 1 aromatic rings. The molecule has 70 valence electrons. The Bertz CT molecular complexity index is 318. The van der Waals surface area contributed by atoms with Gasteiger partial charge in [0.2, 0.25) is 0 Å². The fraction of sp³-hybridized carbons (Fsp3) is 0.222. The summed E-state index contributed by atoms with van der Waals surface area (Å²) in [6.07, 6.45) is 0. The van der Waals surface area contributed by atoms with Crippen LogP contribution in [0.1, 0.15) is 18.5 Å². The molecule has 0 saturated carbocycles. The lowest BCUT2D eigenvalue weighted by molar-refractivity contribution is -0.118. The fourth-order valence-corrected chi connectivity index (χ4v) is 1.01. The topological polar surface area (TPSA) is 43.1 Å². The first-order chi connectivity index (χ1) is 6.04. The van der Waals surface area contributed by atoms with Crippen molar-refractivity contribution >= 4 is 5.78 Å². The average molecular weight is 185 g/mol. The van der Waals surface area contributed by atoms with E-state index in [1.807, 2.05) is 0 Å². The van der Waals surface area contributed by atoms with Gasteiger partial charge in [-0.1, -0.05) is 6.07 Å². The van der Waals surface area contributed by atoms with E-state index in [1.165, 1.54) is 13.0 Å². The van der Waals surface area contributed by atoms with E-state index in [2.05, 4.69) is 0 Å². The molecule has 0 bridgehead atoms. The maximum Gasteiger partial charge on any atom is 0.151 e. The number of Topliss-reactive ketones (excluding diaryl/α,β-unsaturated/α-hetero) is 1. The van der Waals surface area contributed by atoms with Gasteiger partial charge in [-0.15, -0.1) is 0 Å². The van der Waals surface area contributed by atoms with E-state index in [-0.39, 0.29) is 5.56 Å². The lowest BCUT2D eigenvalue weighted by atomic mass is 10.0. The van der Waals surface area contributed by atoms with Gasteiger partial charge >= 0.3 is 0 Å². The molecule has 4 heteroatoms. The molecular formula is C9H9F2NO. The second-order valence-electron chi connectivity index (χ2n) is 2.72. The van der Waals surface area contributed by atoms with Crippen LogP contribution in [0.3, 0.4) is 0 Å². The third kappa shape index (κ3) is 1.89. The molecule has 1 aromatic carbocycles. The van der Waals surface area contributed by atoms with E-state index in [9.17, 15) is 13.6 Å². The number of halogens is 2. The lowest BCUT2D eigenvalue weighted by Crippen LogP contribution is -2.21. The van der Waals surface area contributed by atoms with Gasteiger partial charge in [0, 0.05) is 5.56 Å². The summed E-state index contributed by atoms with van der Waals surface area (Å²) in [4.78, 5) is 10.8. The second-order valence-corrected chi connectivity index (χ2v) is 2.72. The molecule has 0 aliphatic rings. The van der Waals surface area contributed by atoms with Crippen LogP contribution >= 0.6 is 0 Å². The summed E-state index contributed by atoms with van der Waals surface area (Å²) in [6, 6.07) is 2.14. The van der Waals surface area contributed by atoms with Gasteiger partial charge in [0.15, 0.2) is 5.78 Å². The highest BCUT2D eigenvalue weighted by molar-refractivity contribution is 5.82. The first-order valence-corrected chi connectivity index (χ1v) is 3.74. The van der Waals surface area contributed by atoms with E-state index < -0.39 is 23.5 Å². The molecule has 0 spiro atoms. The van der Waals surface area contributed by atoms with Crippen LogP contribution in [0, 0.1) is 11.6 Å². The Morgan fingerprint density at radius 3 is 2.23 bits per heavy atom. The Balaban J connectivity index is 3.20. The highest BCUT2D eigenvalue weighted by Gasteiger charge is 2.19. The van der Waals surface area contributed by atoms with Gasteiger partial charge in [0.1, 0.15) is 11.6 Å². The SMILES string of the molecule is CC(=O)C(N)c1c(F)cccc1F. The van der Waals surface area contributed by atoms with E-state index in [0.717, 1.165) is 12.1 Å². The van der Waals surface area contributed by atoms with Crippen molar-refractivity contribution < 1.29 is 13.6 Å². The minimum absolute atomic E-state index is 0.366. The van der Waals surface area contributed by atoms with Crippen molar-refractivity contribution in [1.82, 2.24) is 0 Å². The van der Waals surface area contributed by atoms with Crippen molar-refractivity contribution in [3.05, 3.63) is 35.4 Å². The zero-order valence-electron chi connectivity index (χ0n) is 7.05. The predicted molar refractivity (Wildman–Crippen MR) is 44.0 cm³/mol. The molecule has 0 fully saturated rings. The van der Waals surface area contributed by atoms with E-state index in [1.54, 1.807) is 0 Å². The molecule has 1 rings (SSSR count). The highest BCUT2D eigenvalue weighted by atomic mass is 19.1. The van der Waals surface area contributed by atoms with Crippen LogP contribution in [0.5, 0.6) is 0 Å². The number of ketones is 1. The fourth-order valence-electron chi connectivity index (χ4n) is 1.01. The van der Waals surface area contributed by atoms with Crippen molar-refractivity contribution in [2.45, 2.75) is 13.0 Å². The zero-order chi connectivity index (χ0) is 10.0. The van der Waals surface area contributed by atoms with Gasteiger partial charge in [-0.2, -0.15) is 0 Å². The summed E-state index contributed by atoms with van der Waals surface area (Å²) in [6.45, 7) is 1.19. The number of carbonyl (C=O) groups is 1. The number of nitrogens with two attached hydrogens (primary N) is 1. The molecule has 2 N–H and O–H groups in total. The van der Waals surface area contributed by atoms with Gasteiger partial charge in [0.05, 0.1) is 6.04 Å². The monoisotopic (exact) mass is 185 g/mol. The smallest absolute Gasteiger partial charge is 0.151 e. The average Bonchev–Trinajstić information content (AvgIpc) is 2.03. The number of rotatable bonds is 2. The van der Waals surface area contributed by atoms with Crippen LogP contribution < -0.4 is 5.73 Å². The molecule has 1 atom stereocenters. The molecule has 2 nitrogen and oxygen atoms in total. The highest BCUT2D eigenvalue weighted by Crippen LogP contribution is 2.19. The van der Waals surface area contributed by atoms with E-state index in [0.29, 0.717) is 0 Å². The normalized spacial score (nSPS) is 12.6. The molecule has 1 unspecified atom stereocenters. The molecule has 0 heterocycles. The number of benzene rings is 1. The molecule has 0 aromatic heterocycles. The molecule has 0 aliphatic carbocycles. The Kier molecular flexibility index (Phi) is 2.72. The predicted octanol–water partition coefficient (Wildman–Crippen LogP) is 1.55. The zero-order valence-corrected chi connectivity index (χ0v) is 7.05. The lowest BCUT2D eigenvalue weighted by Gasteiger charge is -2.09. The van der Waals surface area contributed by atoms with Gasteiger partial charge in [0.25, 0.3) is 0 Å². The second kappa shape index (κ2) is 3.62. The van der Waals surface area contributed by atoms with Crippen LogP contribution in [0.25, 0.3) is 0 Å². The first kappa shape index (κ1) is 9.80. The van der Waals surface area contributed by atoms with Crippen LogP contribution in [0.4, 0.5) is 8.78 Å². The van der Waals surface area contributed by atoms with Crippen LogP contribution in [-0.4, -0.2) is 5.78 Å². The third-order valence-electron chi connectivity index (χ3n) is 1.75. The maximum absolute atomic E-state index is 13.0. The van der Waals surface area contributed by atoms with Crippen molar-refractivity contribution in [2.75, 3.05) is 0 Å². The van der Waals surface area contributed by atoms with Gasteiger partial charge in [-0.3, -0.25) is 4.79 Å². The van der Waals surface area contributed by atoms with Crippen molar-refractivity contribution in [2.24, 2.45) is 5.73 Å². The Labute approximate surface area is 74.4 Å². The van der Waals surface area contributed by atoms with Crippen molar-refractivity contribution in [1.29, 1.82) is 0 Å². The van der Waals surface area contributed by atoms with Gasteiger partial charge in [-0.05, 0) is 19.1 Å². The minimum atomic E-state index is -1.22. The van der Waals surface area contributed by atoms with E-state index in [4.69, 9.17) is 5.73 Å². The Hall–Kier alpha value is -1.29. The minimum Gasteiger partial charge on any atom is -0.318 e. The molecule has 0 amide bonds. The van der Waals surface area contributed by atoms with Gasteiger partial charge < -0.3 is 5.73 Å². The third-order valence-corrected chi connectivity index (χ3v) is 1.75. The summed E-state index contributed by atoms with van der Waals surface area (Å²) in [7, 11) is 0. The van der Waals surface area contributed by atoms with E-state index >= 15 is 0 Å². The number of carbonyl (C=O) groups excluding carboxylic acids is 1. The van der Waals surface area contributed by atoms with Crippen LogP contribution in [0.2, 0.25) is 0 Å². The summed E-state index contributed by atoms with van der Waals surface area (Å²) >= 11 is 0. The summed E-state index contributed by atoms with van der Waals surface area (Å²) in [5.41, 5.74) is 4.94. The number of hydrogen-bond donors (Lipinski definition) is 1. The summed E-state index contributed by atoms with van der Waals surface area (Å²) in [5.74, 6) is -2.05. The van der Waals surface area contributed by atoms with Crippen LogP contribution in [-0.2, 0) is 4.79 Å². The van der Waals surface area contributed by atoms with Crippen molar-refractivity contribution in [3.63, 3.8) is 0 Å². The molecule has 13 heavy (non-hydrogen) atoms. The molecule has 0 radical (unpaired) electrons. The first-order valence-electron chi connectivity index (χ1n) is 3.74. The summed E-state index contributed by atoms with van der Waals surface area (Å²) in [5, 5.41) is 0. The largest absolute Gasteiger partial charge is 0.318 e. The number of hydrogen-bond acceptors (Lipinski definition) is 2. The molecular weight excluding hydrogens is 176 g/mol. The summed E-state index contributed by atoms with van der Waals surface area (Å²) < 4.78 is 26.0. The quantitative estimate of drug-likeness (QED) is 0.759. The molecule has 0 aliphatic heterocycles. The van der Waals surface area contributed by atoms with Crippen LogP contribution in [0.15, 0.2) is 18.2 Å². The maximum atomic E-state index is 13.0. The Morgan fingerprint density at radius 1 is 1.38 bits per heavy atom.